The number of hydrogen-bond donors (Lipinski definition) is 0. The fourth-order valence-electron chi connectivity index (χ4n) is 2.21. The number of carbonyl (C=O) groups excluding carboxylic acids is 1. The highest BCUT2D eigenvalue weighted by Gasteiger charge is 2.30. The average Bonchev–Trinajstić information content (AvgIpc) is 2.85. The maximum Gasteiger partial charge on any atom is 0.308 e. The molecule has 3 nitrogen and oxygen atoms in total. The van der Waals surface area contributed by atoms with E-state index in [-0.39, 0.29) is 12.1 Å². The van der Waals surface area contributed by atoms with Crippen molar-refractivity contribution < 1.29 is 14.3 Å². The van der Waals surface area contributed by atoms with Crippen LogP contribution in [0.5, 0.6) is 0 Å². The maximum absolute atomic E-state index is 11.5. The highest BCUT2D eigenvalue weighted by Crippen LogP contribution is 2.30. The van der Waals surface area contributed by atoms with E-state index in [9.17, 15) is 4.79 Å². The van der Waals surface area contributed by atoms with Crippen LogP contribution in [0.4, 0.5) is 0 Å². The number of thioether (sulfide) groups is 1. The van der Waals surface area contributed by atoms with Gasteiger partial charge in [0.1, 0.15) is 0 Å². The van der Waals surface area contributed by atoms with E-state index in [1.165, 1.54) is 4.90 Å². The first-order chi connectivity index (χ1) is 9.29. The minimum Gasteiger partial charge on any atom is -0.466 e. The van der Waals surface area contributed by atoms with Gasteiger partial charge in [0.15, 0.2) is 0 Å². The molecule has 4 heteroatoms. The topological polar surface area (TPSA) is 35.5 Å². The van der Waals surface area contributed by atoms with Crippen LogP contribution < -0.4 is 0 Å². The second-order valence-electron chi connectivity index (χ2n) is 4.59. The van der Waals surface area contributed by atoms with Gasteiger partial charge in [-0.05, 0) is 31.4 Å². The molecule has 1 heterocycles. The van der Waals surface area contributed by atoms with Crippen LogP contribution in [0.25, 0.3) is 0 Å². The third-order valence-electron chi connectivity index (χ3n) is 3.23. The minimum absolute atomic E-state index is 0.0234. The summed E-state index contributed by atoms with van der Waals surface area (Å²) in [5.74, 6) is 1.28. The molecule has 0 aliphatic carbocycles. The van der Waals surface area contributed by atoms with E-state index in [2.05, 4.69) is 12.1 Å². The lowest BCUT2D eigenvalue weighted by Crippen LogP contribution is -2.23. The van der Waals surface area contributed by atoms with Crippen LogP contribution in [0.2, 0.25) is 0 Å². The van der Waals surface area contributed by atoms with Gasteiger partial charge in [0.25, 0.3) is 0 Å². The summed E-state index contributed by atoms with van der Waals surface area (Å²) in [7, 11) is 0. The zero-order chi connectivity index (χ0) is 13.5. The zero-order valence-electron chi connectivity index (χ0n) is 11.2. The van der Waals surface area contributed by atoms with Crippen molar-refractivity contribution in [2.45, 2.75) is 30.8 Å². The largest absolute Gasteiger partial charge is 0.466 e. The van der Waals surface area contributed by atoms with Crippen molar-refractivity contribution in [3.63, 3.8) is 0 Å². The van der Waals surface area contributed by atoms with Crippen LogP contribution in [0.3, 0.4) is 0 Å². The first-order valence-corrected chi connectivity index (χ1v) is 7.73. The summed E-state index contributed by atoms with van der Waals surface area (Å²) in [6.07, 6.45) is 1.44. The number of rotatable bonds is 6. The van der Waals surface area contributed by atoms with Gasteiger partial charge in [-0.2, -0.15) is 0 Å². The molecular formula is C15H20O3S. The lowest BCUT2D eigenvalue weighted by molar-refractivity contribution is -0.145. The summed E-state index contributed by atoms with van der Waals surface area (Å²) in [6.45, 7) is 3.02. The Balaban J connectivity index is 1.80. The van der Waals surface area contributed by atoms with E-state index in [1.807, 2.05) is 36.9 Å². The molecule has 1 aliphatic rings. The lowest BCUT2D eigenvalue weighted by Gasteiger charge is -2.17. The van der Waals surface area contributed by atoms with E-state index in [4.69, 9.17) is 9.47 Å². The first kappa shape index (κ1) is 14.4. The molecule has 1 fully saturated rings. The number of esters is 1. The minimum atomic E-state index is -0.149. The van der Waals surface area contributed by atoms with Gasteiger partial charge < -0.3 is 9.47 Å². The predicted molar refractivity (Wildman–Crippen MR) is 76.3 cm³/mol. The molecule has 104 valence electrons. The van der Waals surface area contributed by atoms with E-state index < -0.39 is 0 Å². The maximum atomic E-state index is 11.5. The summed E-state index contributed by atoms with van der Waals surface area (Å²) >= 11 is 1.83. The van der Waals surface area contributed by atoms with Crippen LogP contribution in [-0.4, -0.2) is 31.0 Å². The van der Waals surface area contributed by atoms with Crippen molar-refractivity contribution in [3.05, 3.63) is 30.3 Å². The van der Waals surface area contributed by atoms with Gasteiger partial charge in [-0.15, -0.1) is 11.8 Å². The van der Waals surface area contributed by atoms with Crippen LogP contribution in [0.15, 0.2) is 35.2 Å². The SMILES string of the molecule is CCOC(=O)CC1OCC[C@H]1CSc1ccccc1. The molecule has 1 saturated heterocycles. The van der Waals surface area contributed by atoms with Gasteiger partial charge in [-0.25, -0.2) is 0 Å². The van der Waals surface area contributed by atoms with E-state index in [0.29, 0.717) is 18.9 Å². The highest BCUT2D eigenvalue weighted by molar-refractivity contribution is 7.99. The quantitative estimate of drug-likeness (QED) is 0.592. The third-order valence-corrected chi connectivity index (χ3v) is 4.43. The number of ether oxygens (including phenoxy) is 2. The molecule has 19 heavy (non-hydrogen) atoms. The van der Waals surface area contributed by atoms with E-state index in [1.54, 1.807) is 0 Å². The second-order valence-corrected chi connectivity index (χ2v) is 5.68. The van der Waals surface area contributed by atoms with Gasteiger partial charge in [-0.3, -0.25) is 4.79 Å². The summed E-state index contributed by atoms with van der Waals surface area (Å²) in [5, 5.41) is 0. The van der Waals surface area contributed by atoms with Gasteiger partial charge in [0, 0.05) is 17.3 Å². The summed E-state index contributed by atoms with van der Waals surface area (Å²) < 4.78 is 10.6. The van der Waals surface area contributed by atoms with Crippen LogP contribution >= 0.6 is 11.8 Å². The summed E-state index contributed by atoms with van der Waals surface area (Å²) in [4.78, 5) is 12.8. The lowest BCUT2D eigenvalue weighted by atomic mass is 10.0. The van der Waals surface area contributed by atoms with Crippen LogP contribution in [0.1, 0.15) is 19.8 Å². The van der Waals surface area contributed by atoms with Crippen molar-refractivity contribution in [2.75, 3.05) is 19.0 Å². The van der Waals surface area contributed by atoms with Crippen molar-refractivity contribution in [3.8, 4) is 0 Å². The molecule has 0 bridgehead atoms. The summed E-state index contributed by atoms with van der Waals surface area (Å²) in [6, 6.07) is 10.3. The number of carbonyl (C=O) groups is 1. The fourth-order valence-corrected chi connectivity index (χ4v) is 3.35. The summed E-state index contributed by atoms with van der Waals surface area (Å²) in [5.41, 5.74) is 0. The molecular weight excluding hydrogens is 260 g/mol. The Hall–Kier alpha value is -1.00. The van der Waals surface area contributed by atoms with Gasteiger partial charge >= 0.3 is 5.97 Å². The number of hydrogen-bond acceptors (Lipinski definition) is 4. The van der Waals surface area contributed by atoms with Crippen molar-refractivity contribution in [2.24, 2.45) is 5.92 Å². The molecule has 0 amide bonds. The average molecular weight is 280 g/mol. The van der Waals surface area contributed by atoms with Gasteiger partial charge in [0.2, 0.25) is 0 Å². The Morgan fingerprint density at radius 2 is 2.21 bits per heavy atom. The molecule has 1 aromatic rings. The zero-order valence-corrected chi connectivity index (χ0v) is 12.0. The van der Waals surface area contributed by atoms with Gasteiger partial charge in [-0.1, -0.05) is 18.2 Å². The molecule has 0 saturated carbocycles. The number of benzene rings is 1. The first-order valence-electron chi connectivity index (χ1n) is 6.74. The molecule has 0 aromatic heterocycles. The third kappa shape index (κ3) is 4.55. The molecule has 2 rings (SSSR count). The Labute approximate surface area is 118 Å². The fraction of sp³-hybridized carbons (Fsp3) is 0.533. The highest BCUT2D eigenvalue weighted by atomic mass is 32.2. The molecule has 0 radical (unpaired) electrons. The van der Waals surface area contributed by atoms with Gasteiger partial charge in [0.05, 0.1) is 19.1 Å². The molecule has 1 aromatic carbocycles. The van der Waals surface area contributed by atoms with Crippen molar-refractivity contribution >= 4 is 17.7 Å². The molecule has 1 unspecified atom stereocenters. The second kappa shape index (κ2) is 7.56. The van der Waals surface area contributed by atoms with E-state index >= 15 is 0 Å². The van der Waals surface area contributed by atoms with E-state index in [0.717, 1.165) is 18.8 Å². The smallest absolute Gasteiger partial charge is 0.308 e. The van der Waals surface area contributed by atoms with Crippen LogP contribution in [-0.2, 0) is 14.3 Å². The van der Waals surface area contributed by atoms with Crippen molar-refractivity contribution in [1.82, 2.24) is 0 Å². The standard InChI is InChI=1S/C15H20O3S/c1-2-17-15(16)10-14-12(8-9-18-14)11-19-13-6-4-3-5-7-13/h3-7,12,14H,2,8-11H2,1H3/t12-,14?/m0/s1. The Morgan fingerprint density at radius 1 is 1.42 bits per heavy atom. The Bertz CT molecular complexity index is 394. The Morgan fingerprint density at radius 3 is 2.95 bits per heavy atom. The normalized spacial score (nSPS) is 22.4. The van der Waals surface area contributed by atoms with Crippen LogP contribution in [0, 0.1) is 5.92 Å². The monoisotopic (exact) mass is 280 g/mol. The molecule has 1 aliphatic heterocycles. The predicted octanol–water partition coefficient (Wildman–Crippen LogP) is 3.14. The Kier molecular flexibility index (Phi) is 5.73. The molecule has 2 atom stereocenters. The van der Waals surface area contributed by atoms with Crippen molar-refractivity contribution in [1.29, 1.82) is 0 Å². The molecule has 0 spiro atoms. The molecule has 0 N–H and O–H groups in total.